The second kappa shape index (κ2) is 8.14. The zero-order valence-corrected chi connectivity index (χ0v) is 15.9. The number of nitrogens with one attached hydrogen (secondary N) is 1. The summed E-state index contributed by atoms with van der Waals surface area (Å²) in [5.41, 5.74) is 2.10. The smallest absolute Gasteiger partial charge is 0.251 e. The summed E-state index contributed by atoms with van der Waals surface area (Å²) in [7, 11) is 1.60. The first-order chi connectivity index (χ1) is 14.1. The van der Waals surface area contributed by atoms with E-state index in [0.29, 0.717) is 23.7 Å². The van der Waals surface area contributed by atoms with Gasteiger partial charge in [0.15, 0.2) is 0 Å². The van der Waals surface area contributed by atoms with E-state index in [9.17, 15) is 9.59 Å². The van der Waals surface area contributed by atoms with E-state index in [2.05, 4.69) is 15.5 Å². The van der Waals surface area contributed by atoms with Crippen LogP contribution in [0.4, 0.5) is 5.69 Å². The summed E-state index contributed by atoms with van der Waals surface area (Å²) in [6.07, 6.45) is 1.44. The fourth-order valence-corrected chi connectivity index (χ4v) is 3.16. The van der Waals surface area contributed by atoms with Crippen LogP contribution in [0.3, 0.4) is 0 Å². The number of aromatic nitrogens is 2. The predicted octanol–water partition coefficient (Wildman–Crippen LogP) is 2.80. The number of benzene rings is 2. The summed E-state index contributed by atoms with van der Waals surface area (Å²) in [4.78, 5) is 30.2. The molecular weight excluding hydrogens is 372 g/mol. The molecule has 0 unspecified atom stereocenters. The topological polar surface area (TPSA) is 97.6 Å². The van der Waals surface area contributed by atoms with Crippen molar-refractivity contribution in [2.45, 2.75) is 19.4 Å². The van der Waals surface area contributed by atoms with Gasteiger partial charge in [-0.05, 0) is 55.0 Å². The molecule has 0 saturated carbocycles. The summed E-state index contributed by atoms with van der Waals surface area (Å²) < 4.78 is 10.3. The van der Waals surface area contributed by atoms with Crippen molar-refractivity contribution in [3.63, 3.8) is 0 Å². The highest BCUT2D eigenvalue weighted by Crippen LogP contribution is 2.22. The third kappa shape index (κ3) is 4.11. The van der Waals surface area contributed by atoms with Gasteiger partial charge in [0.05, 0.1) is 13.7 Å². The van der Waals surface area contributed by atoms with Crippen LogP contribution in [0, 0.1) is 0 Å². The average molecular weight is 392 g/mol. The molecular formula is C21H20N4O4. The summed E-state index contributed by atoms with van der Waals surface area (Å²) in [5.74, 6) is 1.35. The quantitative estimate of drug-likeness (QED) is 0.693. The van der Waals surface area contributed by atoms with Gasteiger partial charge >= 0.3 is 0 Å². The van der Waals surface area contributed by atoms with Crippen molar-refractivity contribution in [1.29, 1.82) is 0 Å². The fourth-order valence-electron chi connectivity index (χ4n) is 3.16. The van der Waals surface area contributed by atoms with Crippen molar-refractivity contribution in [2.75, 3.05) is 18.6 Å². The normalized spacial score (nSPS) is 13.6. The SMILES string of the molecule is COc1ccc(-c2noc(CNC(=O)c3ccc(N4CCCC4=O)cc3)n2)cc1. The lowest BCUT2D eigenvalue weighted by Gasteiger charge is -2.15. The number of rotatable bonds is 6. The van der Waals surface area contributed by atoms with Crippen LogP contribution in [0.1, 0.15) is 29.1 Å². The molecule has 8 nitrogen and oxygen atoms in total. The van der Waals surface area contributed by atoms with Crippen LogP contribution in [0.25, 0.3) is 11.4 Å². The van der Waals surface area contributed by atoms with Crippen LogP contribution in [-0.2, 0) is 11.3 Å². The second-order valence-corrected chi connectivity index (χ2v) is 6.62. The molecule has 3 aromatic rings. The van der Waals surface area contributed by atoms with E-state index in [-0.39, 0.29) is 18.4 Å². The molecule has 1 fully saturated rings. The summed E-state index contributed by atoms with van der Waals surface area (Å²) in [6, 6.07) is 14.3. The number of anilines is 1. The van der Waals surface area contributed by atoms with Gasteiger partial charge in [0.25, 0.3) is 5.91 Å². The Morgan fingerprint density at radius 3 is 2.59 bits per heavy atom. The van der Waals surface area contributed by atoms with Gasteiger partial charge in [0, 0.05) is 29.8 Å². The van der Waals surface area contributed by atoms with Crippen LogP contribution in [-0.4, -0.2) is 35.6 Å². The number of hydrogen-bond acceptors (Lipinski definition) is 6. The van der Waals surface area contributed by atoms with Crippen molar-refractivity contribution in [3.05, 3.63) is 60.0 Å². The number of amides is 2. The van der Waals surface area contributed by atoms with Crippen LogP contribution in [0.2, 0.25) is 0 Å². The van der Waals surface area contributed by atoms with E-state index in [4.69, 9.17) is 9.26 Å². The second-order valence-electron chi connectivity index (χ2n) is 6.62. The van der Waals surface area contributed by atoms with Crippen molar-refractivity contribution < 1.29 is 18.8 Å². The standard InChI is InChI=1S/C21H20N4O4/c1-28-17-10-6-14(7-11-17)20-23-18(29-24-20)13-22-21(27)15-4-8-16(9-5-15)25-12-2-3-19(25)26/h4-11H,2-3,12-13H2,1H3,(H,22,27). The minimum atomic E-state index is -0.256. The molecule has 4 rings (SSSR count). The molecule has 2 heterocycles. The maximum absolute atomic E-state index is 12.4. The molecule has 2 aromatic carbocycles. The van der Waals surface area contributed by atoms with Crippen LogP contribution in [0.5, 0.6) is 5.75 Å². The molecule has 29 heavy (non-hydrogen) atoms. The lowest BCUT2D eigenvalue weighted by molar-refractivity contribution is -0.117. The summed E-state index contributed by atoms with van der Waals surface area (Å²) in [5, 5.41) is 6.70. The highest BCUT2D eigenvalue weighted by Gasteiger charge is 2.21. The van der Waals surface area contributed by atoms with E-state index in [1.807, 2.05) is 24.3 Å². The minimum Gasteiger partial charge on any atom is -0.497 e. The molecule has 1 saturated heterocycles. The Morgan fingerprint density at radius 1 is 1.17 bits per heavy atom. The number of methoxy groups -OCH3 is 1. The van der Waals surface area contributed by atoms with Crippen molar-refractivity contribution >= 4 is 17.5 Å². The molecule has 1 aliphatic heterocycles. The van der Waals surface area contributed by atoms with E-state index in [1.165, 1.54) is 0 Å². The predicted molar refractivity (Wildman–Crippen MR) is 105 cm³/mol. The number of carbonyl (C=O) groups is 2. The third-order valence-electron chi connectivity index (χ3n) is 4.73. The van der Waals surface area contributed by atoms with Gasteiger partial charge in [-0.2, -0.15) is 4.98 Å². The van der Waals surface area contributed by atoms with Crippen molar-refractivity contribution in [1.82, 2.24) is 15.5 Å². The molecule has 0 bridgehead atoms. The molecule has 0 radical (unpaired) electrons. The van der Waals surface area contributed by atoms with Gasteiger partial charge in [0.1, 0.15) is 5.75 Å². The zero-order valence-electron chi connectivity index (χ0n) is 15.9. The Bertz CT molecular complexity index is 1010. The number of nitrogens with zero attached hydrogens (tertiary/aromatic N) is 3. The Morgan fingerprint density at radius 2 is 1.93 bits per heavy atom. The Labute approximate surface area is 167 Å². The van der Waals surface area contributed by atoms with Crippen LogP contribution >= 0.6 is 0 Å². The minimum absolute atomic E-state index is 0.117. The maximum atomic E-state index is 12.4. The lowest BCUT2D eigenvalue weighted by Crippen LogP contribution is -2.25. The molecule has 1 aromatic heterocycles. The van der Waals surface area contributed by atoms with Crippen LogP contribution in [0.15, 0.2) is 53.1 Å². The molecule has 0 atom stereocenters. The first kappa shape index (κ1) is 18.7. The summed E-state index contributed by atoms with van der Waals surface area (Å²) in [6.45, 7) is 0.840. The number of carbonyl (C=O) groups excluding carboxylic acids is 2. The molecule has 1 aliphatic rings. The van der Waals surface area contributed by atoms with Crippen molar-refractivity contribution in [3.8, 4) is 17.1 Å². The first-order valence-electron chi connectivity index (χ1n) is 9.29. The molecule has 148 valence electrons. The monoisotopic (exact) mass is 392 g/mol. The highest BCUT2D eigenvalue weighted by atomic mass is 16.5. The van der Waals surface area contributed by atoms with Gasteiger partial charge in [-0.25, -0.2) is 0 Å². The van der Waals surface area contributed by atoms with Crippen LogP contribution < -0.4 is 15.0 Å². The third-order valence-corrected chi connectivity index (χ3v) is 4.73. The Balaban J connectivity index is 1.36. The van der Waals surface area contributed by atoms with E-state index < -0.39 is 0 Å². The zero-order chi connectivity index (χ0) is 20.2. The van der Waals surface area contributed by atoms with Gasteiger partial charge in [0.2, 0.25) is 17.6 Å². The maximum Gasteiger partial charge on any atom is 0.251 e. The van der Waals surface area contributed by atoms with E-state index >= 15 is 0 Å². The molecule has 2 amide bonds. The average Bonchev–Trinajstić information content (AvgIpc) is 3.41. The van der Waals surface area contributed by atoms with E-state index in [0.717, 1.165) is 30.0 Å². The summed E-state index contributed by atoms with van der Waals surface area (Å²) >= 11 is 0. The van der Waals surface area contributed by atoms with Gasteiger partial charge in [-0.1, -0.05) is 5.16 Å². The molecule has 0 spiro atoms. The Hall–Kier alpha value is -3.68. The molecule has 8 heteroatoms. The first-order valence-corrected chi connectivity index (χ1v) is 9.29. The lowest BCUT2D eigenvalue weighted by atomic mass is 10.2. The molecule has 0 aliphatic carbocycles. The fraction of sp³-hybridized carbons (Fsp3) is 0.238. The Kier molecular flexibility index (Phi) is 5.24. The molecule has 1 N–H and O–H groups in total. The van der Waals surface area contributed by atoms with Gasteiger partial charge in [-0.3, -0.25) is 9.59 Å². The largest absolute Gasteiger partial charge is 0.497 e. The number of hydrogen-bond donors (Lipinski definition) is 1. The highest BCUT2D eigenvalue weighted by molar-refractivity contribution is 5.97. The van der Waals surface area contributed by atoms with E-state index in [1.54, 1.807) is 36.3 Å². The number of ether oxygens (including phenoxy) is 1. The van der Waals surface area contributed by atoms with Gasteiger partial charge < -0.3 is 19.5 Å². The van der Waals surface area contributed by atoms with Gasteiger partial charge in [-0.15, -0.1) is 0 Å². The van der Waals surface area contributed by atoms with Crippen molar-refractivity contribution in [2.24, 2.45) is 0 Å².